The lowest BCUT2D eigenvalue weighted by atomic mass is 10.1. The summed E-state index contributed by atoms with van der Waals surface area (Å²) in [7, 11) is 0. The molecular formula is C13H13FN2OS. The third-order valence-electron chi connectivity index (χ3n) is 2.43. The van der Waals surface area contributed by atoms with Crippen molar-refractivity contribution in [3.8, 4) is 0 Å². The Morgan fingerprint density at radius 2 is 2.11 bits per heavy atom. The van der Waals surface area contributed by atoms with Crippen LogP contribution in [0.15, 0.2) is 41.8 Å². The molecule has 1 aromatic carbocycles. The SMILES string of the molecule is O=C(CCCSc1ncc[nH]1)c1ccc(F)cc1. The van der Waals surface area contributed by atoms with Gasteiger partial charge in [0.15, 0.2) is 10.9 Å². The highest BCUT2D eigenvalue weighted by Gasteiger charge is 2.06. The Bertz CT molecular complexity index is 496. The van der Waals surface area contributed by atoms with Crippen LogP contribution in [0.3, 0.4) is 0 Å². The van der Waals surface area contributed by atoms with Crippen molar-refractivity contribution < 1.29 is 9.18 Å². The fraction of sp³-hybridized carbons (Fsp3) is 0.231. The molecule has 2 aromatic rings. The van der Waals surface area contributed by atoms with E-state index in [4.69, 9.17) is 0 Å². The lowest BCUT2D eigenvalue weighted by Gasteiger charge is -2.00. The third-order valence-corrected chi connectivity index (χ3v) is 3.42. The fourth-order valence-corrected chi connectivity index (χ4v) is 2.28. The number of ketones is 1. The fourth-order valence-electron chi connectivity index (χ4n) is 1.51. The Kier molecular flexibility index (Phi) is 4.52. The number of thioether (sulfide) groups is 1. The van der Waals surface area contributed by atoms with Crippen molar-refractivity contribution in [1.29, 1.82) is 0 Å². The molecule has 3 nitrogen and oxygen atoms in total. The zero-order chi connectivity index (χ0) is 12.8. The van der Waals surface area contributed by atoms with Crippen LogP contribution < -0.4 is 0 Å². The van der Waals surface area contributed by atoms with Crippen LogP contribution >= 0.6 is 11.8 Å². The van der Waals surface area contributed by atoms with Crippen molar-refractivity contribution in [1.82, 2.24) is 9.97 Å². The lowest BCUT2D eigenvalue weighted by Crippen LogP contribution is -1.99. The Hall–Kier alpha value is -1.62. The van der Waals surface area contributed by atoms with Gasteiger partial charge >= 0.3 is 0 Å². The summed E-state index contributed by atoms with van der Waals surface area (Å²) in [4.78, 5) is 18.8. The van der Waals surface area contributed by atoms with Crippen LogP contribution in [0.5, 0.6) is 0 Å². The van der Waals surface area contributed by atoms with Gasteiger partial charge in [-0.2, -0.15) is 0 Å². The van der Waals surface area contributed by atoms with Gasteiger partial charge in [0.2, 0.25) is 0 Å². The van der Waals surface area contributed by atoms with Gasteiger partial charge in [0.1, 0.15) is 5.82 Å². The van der Waals surface area contributed by atoms with Crippen LogP contribution in [-0.4, -0.2) is 21.5 Å². The summed E-state index contributed by atoms with van der Waals surface area (Å²) in [5.41, 5.74) is 0.569. The van der Waals surface area contributed by atoms with Gasteiger partial charge in [-0.25, -0.2) is 9.37 Å². The van der Waals surface area contributed by atoms with E-state index in [0.29, 0.717) is 12.0 Å². The molecule has 0 aliphatic rings. The van der Waals surface area contributed by atoms with Crippen LogP contribution in [0.2, 0.25) is 0 Å². The smallest absolute Gasteiger partial charge is 0.165 e. The molecule has 0 aliphatic carbocycles. The van der Waals surface area contributed by atoms with E-state index in [2.05, 4.69) is 9.97 Å². The molecule has 0 amide bonds. The maximum absolute atomic E-state index is 12.7. The van der Waals surface area contributed by atoms with E-state index < -0.39 is 0 Å². The number of aromatic nitrogens is 2. The van der Waals surface area contributed by atoms with Crippen molar-refractivity contribution in [2.45, 2.75) is 18.0 Å². The molecule has 0 aliphatic heterocycles. The van der Waals surface area contributed by atoms with Crippen LogP contribution in [0.25, 0.3) is 0 Å². The van der Waals surface area contributed by atoms with E-state index >= 15 is 0 Å². The number of imidazole rings is 1. The van der Waals surface area contributed by atoms with E-state index in [-0.39, 0.29) is 11.6 Å². The molecule has 0 unspecified atom stereocenters. The number of aromatic amines is 1. The van der Waals surface area contributed by atoms with Gasteiger partial charge in [0.25, 0.3) is 0 Å². The second-order valence-electron chi connectivity index (χ2n) is 3.78. The Morgan fingerprint density at radius 3 is 2.78 bits per heavy atom. The summed E-state index contributed by atoms with van der Waals surface area (Å²) in [6.07, 6.45) is 4.72. The summed E-state index contributed by atoms with van der Waals surface area (Å²) >= 11 is 1.59. The molecule has 0 spiro atoms. The van der Waals surface area contributed by atoms with E-state index in [1.165, 1.54) is 24.3 Å². The number of halogens is 1. The van der Waals surface area contributed by atoms with E-state index in [1.807, 2.05) is 0 Å². The molecular weight excluding hydrogens is 251 g/mol. The average Bonchev–Trinajstić information content (AvgIpc) is 2.88. The lowest BCUT2D eigenvalue weighted by molar-refractivity contribution is 0.0982. The molecule has 0 saturated heterocycles. The van der Waals surface area contributed by atoms with Crippen molar-refractivity contribution in [3.63, 3.8) is 0 Å². The van der Waals surface area contributed by atoms with Gasteiger partial charge in [0.05, 0.1) is 0 Å². The van der Waals surface area contributed by atoms with Crippen LogP contribution in [0.4, 0.5) is 4.39 Å². The molecule has 0 bridgehead atoms. The molecule has 0 radical (unpaired) electrons. The molecule has 2 rings (SSSR count). The standard InChI is InChI=1S/C13H13FN2OS/c14-11-5-3-10(4-6-11)12(17)2-1-9-18-13-15-7-8-16-13/h3-8H,1-2,9H2,(H,15,16). The number of H-pyrrole nitrogens is 1. The Balaban J connectivity index is 1.73. The van der Waals surface area contributed by atoms with Gasteiger partial charge in [-0.05, 0) is 30.7 Å². The van der Waals surface area contributed by atoms with Crippen LogP contribution in [0, 0.1) is 5.82 Å². The molecule has 18 heavy (non-hydrogen) atoms. The maximum atomic E-state index is 12.7. The minimum absolute atomic E-state index is 0.0510. The number of carbonyl (C=O) groups excluding carboxylic acids is 1. The number of Topliss-reactive ketones (excluding diaryl/α,β-unsaturated/α-hetero) is 1. The number of rotatable bonds is 6. The van der Waals surface area contributed by atoms with Crippen molar-refractivity contribution in [2.75, 3.05) is 5.75 Å². The highest BCUT2D eigenvalue weighted by Crippen LogP contribution is 2.15. The number of nitrogens with one attached hydrogen (secondary N) is 1. The monoisotopic (exact) mass is 264 g/mol. The van der Waals surface area contributed by atoms with Gasteiger partial charge in [-0.1, -0.05) is 11.8 Å². The second-order valence-corrected chi connectivity index (χ2v) is 4.86. The first-order valence-corrected chi connectivity index (χ1v) is 6.65. The summed E-state index contributed by atoms with van der Waals surface area (Å²) in [5.74, 6) is 0.565. The van der Waals surface area contributed by atoms with Crippen LogP contribution in [0.1, 0.15) is 23.2 Å². The number of benzene rings is 1. The molecule has 0 atom stereocenters. The number of carbonyl (C=O) groups is 1. The molecule has 1 N–H and O–H groups in total. The second kappa shape index (κ2) is 6.35. The highest BCUT2D eigenvalue weighted by molar-refractivity contribution is 7.99. The molecule has 0 fully saturated rings. The molecule has 5 heteroatoms. The van der Waals surface area contributed by atoms with E-state index in [0.717, 1.165) is 17.3 Å². The molecule has 1 heterocycles. The molecule has 1 aromatic heterocycles. The topological polar surface area (TPSA) is 45.8 Å². The van der Waals surface area contributed by atoms with Gasteiger partial charge in [-0.15, -0.1) is 0 Å². The number of nitrogens with zero attached hydrogens (tertiary/aromatic N) is 1. The first-order chi connectivity index (χ1) is 8.75. The van der Waals surface area contributed by atoms with Gasteiger partial charge < -0.3 is 4.98 Å². The summed E-state index contributed by atoms with van der Waals surface area (Å²) < 4.78 is 12.7. The maximum Gasteiger partial charge on any atom is 0.165 e. The predicted molar refractivity (Wildman–Crippen MR) is 69.3 cm³/mol. The quantitative estimate of drug-likeness (QED) is 0.494. The zero-order valence-electron chi connectivity index (χ0n) is 9.73. The average molecular weight is 264 g/mol. The van der Waals surface area contributed by atoms with Crippen molar-refractivity contribution in [3.05, 3.63) is 48.0 Å². The number of hydrogen-bond acceptors (Lipinski definition) is 3. The Labute approximate surface area is 109 Å². The largest absolute Gasteiger partial charge is 0.340 e. The summed E-state index contributed by atoms with van der Waals surface area (Å²) in [6.45, 7) is 0. The van der Waals surface area contributed by atoms with Gasteiger partial charge in [-0.3, -0.25) is 4.79 Å². The minimum atomic E-state index is -0.320. The summed E-state index contributed by atoms with van der Waals surface area (Å²) in [6, 6.07) is 5.67. The zero-order valence-corrected chi connectivity index (χ0v) is 10.5. The Morgan fingerprint density at radius 1 is 1.33 bits per heavy atom. The van der Waals surface area contributed by atoms with Gasteiger partial charge in [0, 0.05) is 30.1 Å². The first-order valence-electron chi connectivity index (χ1n) is 5.66. The normalized spacial score (nSPS) is 10.5. The highest BCUT2D eigenvalue weighted by atomic mass is 32.2. The first kappa shape index (κ1) is 12.8. The van der Waals surface area contributed by atoms with Crippen molar-refractivity contribution >= 4 is 17.5 Å². The number of hydrogen-bond donors (Lipinski definition) is 1. The van der Waals surface area contributed by atoms with Crippen molar-refractivity contribution in [2.24, 2.45) is 0 Å². The minimum Gasteiger partial charge on any atom is -0.340 e. The molecule has 94 valence electrons. The predicted octanol–water partition coefficient (Wildman–Crippen LogP) is 3.30. The molecule has 0 saturated carbocycles. The van der Waals surface area contributed by atoms with E-state index in [9.17, 15) is 9.18 Å². The summed E-state index contributed by atoms with van der Waals surface area (Å²) in [5, 5.41) is 0.865. The van der Waals surface area contributed by atoms with Crippen LogP contribution in [-0.2, 0) is 0 Å². The third kappa shape index (κ3) is 3.70. The van der Waals surface area contributed by atoms with E-state index in [1.54, 1.807) is 24.2 Å².